The van der Waals surface area contributed by atoms with E-state index in [2.05, 4.69) is 44.5 Å². The second-order valence-corrected chi connectivity index (χ2v) is 8.38. The van der Waals surface area contributed by atoms with Gasteiger partial charge >= 0.3 is 0 Å². The van der Waals surface area contributed by atoms with Crippen LogP contribution in [0.15, 0.2) is 23.2 Å². The van der Waals surface area contributed by atoms with E-state index in [4.69, 9.17) is 9.47 Å². The lowest BCUT2D eigenvalue weighted by molar-refractivity contribution is 0.185. The Morgan fingerprint density at radius 1 is 1.07 bits per heavy atom. The molecule has 2 saturated heterocycles. The molecule has 1 aromatic carbocycles. The van der Waals surface area contributed by atoms with Crippen molar-refractivity contribution in [3.05, 3.63) is 18.2 Å². The summed E-state index contributed by atoms with van der Waals surface area (Å²) in [5.41, 5.74) is 1.14. The zero-order valence-electron chi connectivity index (χ0n) is 19.1. The van der Waals surface area contributed by atoms with Crippen LogP contribution in [0.3, 0.4) is 0 Å². The van der Waals surface area contributed by atoms with E-state index in [1.807, 2.05) is 13.1 Å². The summed E-state index contributed by atoms with van der Waals surface area (Å²) in [7, 11) is 5.24. The number of benzene rings is 1. The fourth-order valence-electron chi connectivity index (χ4n) is 4.45. The van der Waals surface area contributed by atoms with Crippen LogP contribution in [0.5, 0.6) is 11.5 Å². The molecular formula is C23H39N5O2. The van der Waals surface area contributed by atoms with Gasteiger partial charge in [0.1, 0.15) is 11.5 Å². The number of rotatable bonds is 8. The standard InChI is InChI=1S/C23H39N5O2/c1-5-9-27-10-6-18(7-11-27)16-25-23(24-2)26-19-8-12-28(17-19)20-13-21(29-3)15-22(14-20)30-4/h13-15,18-19H,5-12,16-17H2,1-4H3,(H2,24,25,26). The predicted molar refractivity (Wildman–Crippen MR) is 124 cm³/mol. The number of nitrogens with one attached hydrogen (secondary N) is 2. The smallest absolute Gasteiger partial charge is 0.191 e. The first-order chi connectivity index (χ1) is 14.6. The maximum atomic E-state index is 5.42. The number of likely N-dealkylation sites (tertiary alicyclic amines) is 1. The van der Waals surface area contributed by atoms with E-state index >= 15 is 0 Å². The molecule has 7 nitrogen and oxygen atoms in total. The van der Waals surface area contributed by atoms with Gasteiger partial charge in [-0.3, -0.25) is 4.99 Å². The lowest BCUT2D eigenvalue weighted by atomic mass is 9.97. The van der Waals surface area contributed by atoms with Gasteiger partial charge in [0, 0.05) is 56.6 Å². The van der Waals surface area contributed by atoms with Crippen LogP contribution in [-0.2, 0) is 0 Å². The third-order valence-corrected chi connectivity index (χ3v) is 6.26. The number of methoxy groups -OCH3 is 2. The molecule has 2 aliphatic rings. The topological polar surface area (TPSA) is 61.4 Å². The van der Waals surface area contributed by atoms with Crippen LogP contribution >= 0.6 is 0 Å². The average Bonchev–Trinajstić information content (AvgIpc) is 3.26. The molecule has 1 aromatic rings. The van der Waals surface area contributed by atoms with Crippen molar-refractivity contribution in [1.82, 2.24) is 15.5 Å². The second-order valence-electron chi connectivity index (χ2n) is 8.38. The van der Waals surface area contributed by atoms with E-state index in [0.717, 1.165) is 55.1 Å². The maximum Gasteiger partial charge on any atom is 0.191 e. The molecule has 7 heteroatoms. The summed E-state index contributed by atoms with van der Waals surface area (Å²) in [5, 5.41) is 7.18. The molecule has 30 heavy (non-hydrogen) atoms. The molecule has 0 bridgehead atoms. The molecule has 0 aliphatic carbocycles. The summed E-state index contributed by atoms with van der Waals surface area (Å²) in [5.74, 6) is 3.30. The van der Waals surface area contributed by atoms with E-state index in [1.165, 1.54) is 38.9 Å². The number of nitrogens with zero attached hydrogens (tertiary/aromatic N) is 3. The molecule has 2 N–H and O–H groups in total. The highest BCUT2D eigenvalue weighted by Crippen LogP contribution is 2.30. The van der Waals surface area contributed by atoms with Gasteiger partial charge in [-0.05, 0) is 51.2 Å². The van der Waals surface area contributed by atoms with Gasteiger partial charge < -0.3 is 29.9 Å². The van der Waals surface area contributed by atoms with Crippen molar-refractivity contribution in [1.29, 1.82) is 0 Å². The number of hydrogen-bond acceptors (Lipinski definition) is 5. The fourth-order valence-corrected chi connectivity index (χ4v) is 4.45. The predicted octanol–water partition coefficient (Wildman–Crippen LogP) is 2.57. The Balaban J connectivity index is 1.46. The highest BCUT2D eigenvalue weighted by Gasteiger charge is 2.25. The van der Waals surface area contributed by atoms with Crippen LogP contribution in [0.4, 0.5) is 5.69 Å². The van der Waals surface area contributed by atoms with Crippen molar-refractivity contribution in [2.24, 2.45) is 10.9 Å². The lowest BCUT2D eigenvalue weighted by Gasteiger charge is -2.32. The van der Waals surface area contributed by atoms with Crippen molar-refractivity contribution in [3.8, 4) is 11.5 Å². The average molecular weight is 418 g/mol. The van der Waals surface area contributed by atoms with Gasteiger partial charge in [0.05, 0.1) is 14.2 Å². The SMILES string of the molecule is CCCN1CCC(CNC(=NC)NC2CCN(c3cc(OC)cc(OC)c3)C2)CC1. The summed E-state index contributed by atoms with van der Waals surface area (Å²) in [6, 6.07) is 6.43. The summed E-state index contributed by atoms with van der Waals surface area (Å²) < 4.78 is 10.8. The molecule has 3 rings (SSSR count). The summed E-state index contributed by atoms with van der Waals surface area (Å²) in [6.45, 7) is 8.90. The minimum Gasteiger partial charge on any atom is -0.497 e. The highest BCUT2D eigenvalue weighted by atomic mass is 16.5. The van der Waals surface area contributed by atoms with E-state index in [-0.39, 0.29) is 0 Å². The van der Waals surface area contributed by atoms with E-state index in [9.17, 15) is 0 Å². The molecule has 168 valence electrons. The molecule has 2 heterocycles. The Labute approximate surface area is 181 Å². The molecule has 2 fully saturated rings. The molecule has 0 spiro atoms. The van der Waals surface area contributed by atoms with Gasteiger partial charge in [-0.15, -0.1) is 0 Å². The molecule has 1 atom stereocenters. The molecule has 0 radical (unpaired) electrons. The summed E-state index contributed by atoms with van der Waals surface area (Å²) in [4.78, 5) is 9.42. The zero-order chi connectivity index (χ0) is 21.3. The molecule has 1 unspecified atom stereocenters. The highest BCUT2D eigenvalue weighted by molar-refractivity contribution is 5.80. The number of guanidine groups is 1. The Bertz CT molecular complexity index is 666. The number of anilines is 1. The zero-order valence-corrected chi connectivity index (χ0v) is 19.1. The Kier molecular flexibility index (Phi) is 8.49. The van der Waals surface area contributed by atoms with E-state index in [1.54, 1.807) is 14.2 Å². The lowest BCUT2D eigenvalue weighted by Crippen LogP contribution is -2.47. The van der Waals surface area contributed by atoms with Crippen molar-refractivity contribution in [2.75, 3.05) is 65.4 Å². The van der Waals surface area contributed by atoms with Crippen LogP contribution in [0.1, 0.15) is 32.6 Å². The van der Waals surface area contributed by atoms with Crippen molar-refractivity contribution < 1.29 is 9.47 Å². The van der Waals surface area contributed by atoms with Crippen LogP contribution in [-0.4, -0.2) is 77.4 Å². The molecular weight excluding hydrogens is 378 g/mol. The molecule has 0 amide bonds. The third-order valence-electron chi connectivity index (χ3n) is 6.26. The van der Waals surface area contributed by atoms with Gasteiger partial charge in [-0.25, -0.2) is 0 Å². The summed E-state index contributed by atoms with van der Waals surface area (Å²) in [6.07, 6.45) is 4.88. The van der Waals surface area contributed by atoms with Crippen molar-refractivity contribution in [3.63, 3.8) is 0 Å². The van der Waals surface area contributed by atoms with Gasteiger partial charge in [-0.2, -0.15) is 0 Å². The first kappa shape index (κ1) is 22.5. The Morgan fingerprint density at radius 2 is 1.77 bits per heavy atom. The van der Waals surface area contributed by atoms with Gasteiger partial charge in [0.2, 0.25) is 0 Å². The largest absolute Gasteiger partial charge is 0.497 e. The fraction of sp³-hybridized carbons (Fsp3) is 0.696. The van der Waals surface area contributed by atoms with Crippen LogP contribution in [0.25, 0.3) is 0 Å². The number of aliphatic imine (C=N–C) groups is 1. The number of piperidine rings is 1. The molecule has 0 saturated carbocycles. The second kappa shape index (κ2) is 11.3. The van der Waals surface area contributed by atoms with Crippen molar-refractivity contribution >= 4 is 11.6 Å². The Hall–Kier alpha value is -2.15. The number of hydrogen-bond donors (Lipinski definition) is 2. The molecule has 2 aliphatic heterocycles. The Morgan fingerprint density at radius 3 is 2.37 bits per heavy atom. The molecule has 0 aromatic heterocycles. The number of ether oxygens (including phenoxy) is 2. The van der Waals surface area contributed by atoms with Gasteiger partial charge in [-0.1, -0.05) is 6.92 Å². The normalized spacial score (nSPS) is 21.0. The minimum absolute atomic E-state index is 0.375. The van der Waals surface area contributed by atoms with Crippen LogP contribution < -0.4 is 25.0 Å². The maximum absolute atomic E-state index is 5.42. The third kappa shape index (κ3) is 6.17. The monoisotopic (exact) mass is 417 g/mol. The van der Waals surface area contributed by atoms with E-state index in [0.29, 0.717) is 6.04 Å². The van der Waals surface area contributed by atoms with Crippen LogP contribution in [0, 0.1) is 5.92 Å². The first-order valence-corrected chi connectivity index (χ1v) is 11.3. The van der Waals surface area contributed by atoms with Gasteiger partial charge in [0.15, 0.2) is 5.96 Å². The quantitative estimate of drug-likeness (QED) is 0.501. The summed E-state index contributed by atoms with van der Waals surface area (Å²) >= 11 is 0. The van der Waals surface area contributed by atoms with Gasteiger partial charge in [0.25, 0.3) is 0 Å². The van der Waals surface area contributed by atoms with Crippen LogP contribution in [0.2, 0.25) is 0 Å². The van der Waals surface area contributed by atoms with Crippen molar-refractivity contribution in [2.45, 2.75) is 38.6 Å². The first-order valence-electron chi connectivity index (χ1n) is 11.3. The minimum atomic E-state index is 0.375. The van der Waals surface area contributed by atoms with E-state index < -0.39 is 0 Å².